The first kappa shape index (κ1) is 31.2. The Hall–Kier alpha value is -2.37. The van der Waals surface area contributed by atoms with E-state index in [1.807, 2.05) is 32.9 Å². The second kappa shape index (κ2) is 15.4. The van der Waals surface area contributed by atoms with Gasteiger partial charge in [0, 0.05) is 45.9 Å². The topological polar surface area (TPSA) is 78.9 Å². The zero-order valence-electron chi connectivity index (χ0n) is 24.4. The van der Waals surface area contributed by atoms with Gasteiger partial charge >= 0.3 is 0 Å². The van der Waals surface area contributed by atoms with E-state index in [2.05, 4.69) is 21.8 Å². The van der Waals surface area contributed by atoms with Gasteiger partial charge in [0.2, 0.25) is 0 Å². The van der Waals surface area contributed by atoms with E-state index >= 15 is 0 Å². The number of nitrogens with zero attached hydrogens (tertiary/aromatic N) is 2. The molecule has 0 aliphatic carbocycles. The van der Waals surface area contributed by atoms with Crippen molar-refractivity contribution in [3.8, 4) is 23.0 Å². The lowest BCUT2D eigenvalue weighted by atomic mass is 9.83. The van der Waals surface area contributed by atoms with Crippen molar-refractivity contribution in [2.75, 3.05) is 67.9 Å². The Labute approximate surface area is 236 Å². The summed E-state index contributed by atoms with van der Waals surface area (Å²) in [6.45, 7) is 10.9. The van der Waals surface area contributed by atoms with Gasteiger partial charge in [-0.15, -0.1) is 0 Å². The first-order chi connectivity index (χ1) is 19.0. The largest absolute Gasteiger partial charge is 0.493 e. The number of rotatable bonds is 7. The third-order valence-corrected chi connectivity index (χ3v) is 8.13. The third kappa shape index (κ3) is 7.43. The third-order valence-electron chi connectivity index (χ3n) is 7.02. The van der Waals surface area contributed by atoms with Crippen LogP contribution < -0.4 is 18.4 Å². The zero-order chi connectivity index (χ0) is 28.4. The van der Waals surface area contributed by atoms with Crippen LogP contribution in [0.1, 0.15) is 49.1 Å². The molecule has 0 aromatic heterocycles. The summed E-state index contributed by atoms with van der Waals surface area (Å²) in [5.41, 5.74) is 4.99. The molecule has 9 nitrogen and oxygen atoms in total. The smallest absolute Gasteiger partial charge is 0.291 e. The summed E-state index contributed by atoms with van der Waals surface area (Å²) in [4.78, 5) is 2.49. The number of morpholine rings is 1. The predicted molar refractivity (Wildman–Crippen MR) is 153 cm³/mol. The lowest BCUT2D eigenvalue weighted by Gasteiger charge is -2.41. The van der Waals surface area contributed by atoms with Gasteiger partial charge in [0.1, 0.15) is 0 Å². The Kier molecular flexibility index (Phi) is 12.3. The molecule has 5 rings (SSSR count). The lowest BCUT2D eigenvalue weighted by molar-refractivity contribution is 0.0727. The standard InChI is InChI=1S/C24H30N2O6S.C3H8O.C2H6/c1-28-21-12-17-10-20-19-14-24(32-33(27)26-6-8-31-9-7-26)23(30-3)11-16(19)4-5-25(20)15-18(17)13-22(21)29-2;1-3-4-2;1-2/h11-14,20H,4-10,15H2,1-3H3;3H2,1-2H3;1-2H3. The highest BCUT2D eigenvalue weighted by Crippen LogP contribution is 2.44. The number of methoxy groups -OCH3 is 4. The van der Waals surface area contributed by atoms with Crippen LogP contribution in [-0.4, -0.2) is 81.3 Å². The van der Waals surface area contributed by atoms with Crippen molar-refractivity contribution in [2.45, 2.75) is 46.2 Å². The van der Waals surface area contributed by atoms with E-state index in [1.165, 1.54) is 22.3 Å². The van der Waals surface area contributed by atoms with Crippen LogP contribution in [0, 0.1) is 0 Å². The fourth-order valence-corrected chi connectivity index (χ4v) is 5.80. The minimum atomic E-state index is -1.59. The van der Waals surface area contributed by atoms with Gasteiger partial charge in [0.15, 0.2) is 23.0 Å². The fourth-order valence-electron chi connectivity index (χ4n) is 4.97. The Morgan fingerprint density at radius 3 is 2.00 bits per heavy atom. The molecule has 0 bridgehead atoms. The molecule has 0 spiro atoms. The molecule has 2 atom stereocenters. The SMILES string of the molecule is CC.CCOC.COc1cc2c(cc1OC)CN1CCc3cc(OC)c(OS(=O)N4CCOCC4)cc3C1C2. The number of hydrogen-bond acceptors (Lipinski definition) is 8. The molecule has 0 N–H and O–H groups in total. The van der Waals surface area contributed by atoms with Gasteiger partial charge in [-0.05, 0) is 66.3 Å². The molecule has 1 fully saturated rings. The van der Waals surface area contributed by atoms with Gasteiger partial charge in [-0.25, -0.2) is 0 Å². The van der Waals surface area contributed by atoms with Gasteiger partial charge < -0.3 is 27.9 Å². The molecule has 0 saturated carbocycles. The summed E-state index contributed by atoms with van der Waals surface area (Å²) < 4.78 is 47.1. The Morgan fingerprint density at radius 2 is 1.41 bits per heavy atom. The van der Waals surface area contributed by atoms with Crippen LogP contribution in [0.25, 0.3) is 0 Å². The van der Waals surface area contributed by atoms with Crippen LogP contribution in [0.5, 0.6) is 23.0 Å². The Balaban J connectivity index is 0.000000644. The van der Waals surface area contributed by atoms with Crippen molar-refractivity contribution in [2.24, 2.45) is 0 Å². The van der Waals surface area contributed by atoms with Crippen molar-refractivity contribution in [1.29, 1.82) is 0 Å². The zero-order valence-corrected chi connectivity index (χ0v) is 25.2. The van der Waals surface area contributed by atoms with Gasteiger partial charge in [0.25, 0.3) is 11.3 Å². The maximum Gasteiger partial charge on any atom is 0.291 e. The molecular weight excluding hydrogens is 520 g/mol. The van der Waals surface area contributed by atoms with E-state index in [0.29, 0.717) is 37.8 Å². The number of fused-ring (bicyclic) bond motifs is 4. The van der Waals surface area contributed by atoms with Gasteiger partial charge in [-0.2, -0.15) is 8.51 Å². The fraction of sp³-hybridized carbons (Fsp3) is 0.586. The van der Waals surface area contributed by atoms with Crippen molar-refractivity contribution in [1.82, 2.24) is 9.21 Å². The highest BCUT2D eigenvalue weighted by molar-refractivity contribution is 7.78. The van der Waals surface area contributed by atoms with E-state index < -0.39 is 11.3 Å². The lowest BCUT2D eigenvalue weighted by Crippen LogP contribution is -2.40. The van der Waals surface area contributed by atoms with Crippen LogP contribution in [0.4, 0.5) is 0 Å². The normalized spacial score (nSPS) is 19.0. The monoisotopic (exact) mass is 564 g/mol. The first-order valence-corrected chi connectivity index (χ1v) is 14.7. The van der Waals surface area contributed by atoms with E-state index in [1.54, 1.807) is 32.7 Å². The highest BCUT2D eigenvalue weighted by atomic mass is 32.2. The predicted octanol–water partition coefficient (Wildman–Crippen LogP) is 4.34. The number of hydrogen-bond donors (Lipinski definition) is 0. The minimum absolute atomic E-state index is 0.212. The quantitative estimate of drug-likeness (QED) is 0.492. The number of ether oxygens (including phenoxy) is 5. The van der Waals surface area contributed by atoms with E-state index in [9.17, 15) is 4.21 Å². The highest BCUT2D eigenvalue weighted by Gasteiger charge is 2.34. The van der Waals surface area contributed by atoms with Crippen molar-refractivity contribution >= 4 is 11.3 Å². The second-order valence-electron chi connectivity index (χ2n) is 9.04. The van der Waals surface area contributed by atoms with Gasteiger partial charge in [-0.1, -0.05) is 13.8 Å². The molecule has 2 aromatic carbocycles. The molecule has 39 heavy (non-hydrogen) atoms. The Morgan fingerprint density at radius 1 is 0.846 bits per heavy atom. The maximum atomic E-state index is 12.8. The molecule has 1 saturated heterocycles. The summed E-state index contributed by atoms with van der Waals surface area (Å²) >= 11 is -1.59. The minimum Gasteiger partial charge on any atom is -0.493 e. The summed E-state index contributed by atoms with van der Waals surface area (Å²) in [5.74, 6) is 2.64. The molecule has 10 heteroatoms. The molecule has 0 amide bonds. The van der Waals surface area contributed by atoms with Crippen molar-refractivity contribution < 1.29 is 32.1 Å². The van der Waals surface area contributed by atoms with Crippen LogP contribution in [0.2, 0.25) is 0 Å². The molecule has 2 unspecified atom stereocenters. The summed E-state index contributed by atoms with van der Waals surface area (Å²) in [6.07, 6.45) is 1.79. The van der Waals surface area contributed by atoms with Crippen LogP contribution >= 0.6 is 0 Å². The average molecular weight is 565 g/mol. The van der Waals surface area contributed by atoms with Crippen molar-refractivity contribution in [3.05, 3.63) is 46.5 Å². The molecule has 3 aliphatic rings. The van der Waals surface area contributed by atoms with Crippen LogP contribution in [-0.2, 0) is 40.1 Å². The summed E-state index contributed by atoms with van der Waals surface area (Å²) in [5, 5.41) is 0. The second-order valence-corrected chi connectivity index (χ2v) is 10.2. The van der Waals surface area contributed by atoms with Crippen LogP contribution in [0.3, 0.4) is 0 Å². The molecule has 218 valence electrons. The Bertz CT molecular complexity index is 1090. The summed E-state index contributed by atoms with van der Waals surface area (Å²) in [7, 11) is 6.64. The van der Waals surface area contributed by atoms with E-state index in [4.69, 9.17) is 23.1 Å². The average Bonchev–Trinajstić information content (AvgIpc) is 3.00. The molecule has 2 aromatic rings. The van der Waals surface area contributed by atoms with Gasteiger partial charge in [-0.3, -0.25) is 4.90 Å². The molecule has 0 radical (unpaired) electrons. The van der Waals surface area contributed by atoms with Crippen LogP contribution in [0.15, 0.2) is 24.3 Å². The molecular formula is C29H44N2O7S. The first-order valence-electron chi connectivity index (χ1n) is 13.6. The summed E-state index contributed by atoms with van der Waals surface area (Å²) in [6, 6.07) is 8.46. The molecule has 3 aliphatic heterocycles. The number of benzene rings is 2. The van der Waals surface area contributed by atoms with Crippen molar-refractivity contribution in [3.63, 3.8) is 0 Å². The van der Waals surface area contributed by atoms with E-state index in [0.717, 1.165) is 44.0 Å². The van der Waals surface area contributed by atoms with Gasteiger partial charge in [0.05, 0.1) is 34.5 Å². The van der Waals surface area contributed by atoms with E-state index in [-0.39, 0.29) is 6.04 Å². The molecule has 3 heterocycles. The maximum absolute atomic E-state index is 12.8.